The highest BCUT2D eigenvalue weighted by molar-refractivity contribution is 5.95. The molecule has 0 aliphatic rings. The number of nitrogens with zero attached hydrogens (tertiary/aromatic N) is 3. The van der Waals surface area contributed by atoms with Crippen molar-refractivity contribution in [2.45, 2.75) is 13.8 Å². The molecule has 0 saturated carbocycles. The number of carbonyl (C=O) groups is 2. The Kier molecular flexibility index (Phi) is 5.72. The van der Waals surface area contributed by atoms with E-state index >= 15 is 0 Å². The number of aryl methyl sites for hydroxylation is 2. The molecule has 0 aliphatic heterocycles. The van der Waals surface area contributed by atoms with Crippen molar-refractivity contribution in [3.63, 3.8) is 0 Å². The molecule has 1 amide bonds. The molecular weight excluding hydrogens is 404 g/mol. The smallest absolute Gasteiger partial charge is 0.335 e. The lowest BCUT2D eigenvalue weighted by atomic mass is 10.2. The van der Waals surface area contributed by atoms with Gasteiger partial charge in [0.15, 0.2) is 0 Å². The number of hydrazone groups is 1. The zero-order valence-corrected chi connectivity index (χ0v) is 17.7. The Morgan fingerprint density at radius 3 is 2.28 bits per heavy atom. The summed E-state index contributed by atoms with van der Waals surface area (Å²) in [5.41, 5.74) is 7.93. The molecule has 2 N–H and O–H groups in total. The van der Waals surface area contributed by atoms with E-state index < -0.39 is 5.97 Å². The fourth-order valence-corrected chi connectivity index (χ4v) is 3.58. The predicted octanol–water partition coefficient (Wildman–Crippen LogP) is 4.35. The van der Waals surface area contributed by atoms with Gasteiger partial charge in [0.25, 0.3) is 5.91 Å². The van der Waals surface area contributed by atoms with Crippen LogP contribution in [0, 0.1) is 13.8 Å². The second-order valence-electron chi connectivity index (χ2n) is 7.36. The predicted molar refractivity (Wildman–Crippen MR) is 123 cm³/mol. The van der Waals surface area contributed by atoms with Gasteiger partial charge in [-0.2, -0.15) is 5.10 Å². The first-order valence-electron chi connectivity index (χ1n) is 10.0. The summed E-state index contributed by atoms with van der Waals surface area (Å²) in [6.07, 6.45) is 3.39. The molecular formula is C25H22N4O3. The lowest BCUT2D eigenvalue weighted by molar-refractivity contribution is 0.0696. The van der Waals surface area contributed by atoms with E-state index in [1.165, 1.54) is 0 Å². The van der Waals surface area contributed by atoms with Crippen LogP contribution < -0.4 is 5.43 Å². The van der Waals surface area contributed by atoms with Gasteiger partial charge in [-0.05, 0) is 80.6 Å². The molecule has 0 unspecified atom stereocenters. The standard InChI is InChI=1S/C25H22N4O3/c1-17-8-9-18(2)29(17)22-6-3-5-20(15-22)24(30)27-26-16-23-7-4-14-28(23)21-12-10-19(11-13-21)25(31)32/h3-16H,1-2H3,(H,27,30)(H,31,32)/b26-16-. The minimum absolute atomic E-state index is 0.218. The van der Waals surface area contributed by atoms with Crippen molar-refractivity contribution in [1.82, 2.24) is 14.6 Å². The molecule has 160 valence electrons. The summed E-state index contributed by atoms with van der Waals surface area (Å²) in [5.74, 6) is -1.28. The summed E-state index contributed by atoms with van der Waals surface area (Å²) in [4.78, 5) is 23.7. The van der Waals surface area contributed by atoms with E-state index in [1.807, 2.05) is 67.1 Å². The molecule has 0 fully saturated rings. The maximum atomic E-state index is 12.6. The van der Waals surface area contributed by atoms with Crippen molar-refractivity contribution in [3.05, 3.63) is 107 Å². The van der Waals surface area contributed by atoms with Crippen LogP contribution in [-0.2, 0) is 0 Å². The van der Waals surface area contributed by atoms with Gasteiger partial charge in [0.1, 0.15) is 0 Å². The van der Waals surface area contributed by atoms with E-state index in [1.54, 1.807) is 36.5 Å². The van der Waals surface area contributed by atoms with E-state index in [2.05, 4.69) is 15.1 Å². The van der Waals surface area contributed by atoms with Crippen molar-refractivity contribution < 1.29 is 14.7 Å². The zero-order chi connectivity index (χ0) is 22.7. The fourth-order valence-electron chi connectivity index (χ4n) is 3.58. The first-order chi connectivity index (χ1) is 15.4. The Labute approximate surface area is 185 Å². The summed E-state index contributed by atoms with van der Waals surface area (Å²) in [5, 5.41) is 13.2. The Balaban J connectivity index is 1.49. The van der Waals surface area contributed by atoms with Crippen LogP contribution in [0.2, 0.25) is 0 Å². The molecule has 2 heterocycles. The summed E-state index contributed by atoms with van der Waals surface area (Å²) in [6.45, 7) is 4.04. The van der Waals surface area contributed by atoms with Gasteiger partial charge in [0.05, 0.1) is 17.5 Å². The number of aromatic carboxylic acids is 1. The van der Waals surface area contributed by atoms with Crippen molar-refractivity contribution >= 4 is 18.1 Å². The van der Waals surface area contributed by atoms with Gasteiger partial charge in [0, 0.05) is 34.5 Å². The van der Waals surface area contributed by atoms with E-state index in [-0.39, 0.29) is 11.5 Å². The quantitative estimate of drug-likeness (QED) is 0.355. The number of nitrogens with one attached hydrogen (secondary N) is 1. The minimum Gasteiger partial charge on any atom is -0.478 e. The molecule has 2 aromatic heterocycles. The van der Waals surface area contributed by atoms with Crippen LogP contribution >= 0.6 is 0 Å². The Morgan fingerprint density at radius 2 is 1.59 bits per heavy atom. The lowest BCUT2D eigenvalue weighted by Crippen LogP contribution is -2.18. The highest BCUT2D eigenvalue weighted by Crippen LogP contribution is 2.18. The van der Waals surface area contributed by atoms with Crippen molar-refractivity contribution in [1.29, 1.82) is 0 Å². The van der Waals surface area contributed by atoms with Crippen LogP contribution in [0.4, 0.5) is 0 Å². The highest BCUT2D eigenvalue weighted by atomic mass is 16.4. The third-order valence-corrected chi connectivity index (χ3v) is 5.17. The summed E-state index contributed by atoms with van der Waals surface area (Å²) >= 11 is 0. The lowest BCUT2D eigenvalue weighted by Gasteiger charge is -2.10. The molecule has 0 bridgehead atoms. The van der Waals surface area contributed by atoms with Crippen LogP contribution in [0.15, 0.2) is 84.1 Å². The van der Waals surface area contributed by atoms with Crippen LogP contribution in [0.3, 0.4) is 0 Å². The van der Waals surface area contributed by atoms with E-state index in [0.29, 0.717) is 5.56 Å². The number of carbonyl (C=O) groups excluding carboxylic acids is 1. The molecule has 0 radical (unpaired) electrons. The summed E-state index contributed by atoms with van der Waals surface area (Å²) < 4.78 is 3.93. The molecule has 0 atom stereocenters. The third kappa shape index (κ3) is 4.22. The molecule has 7 nitrogen and oxygen atoms in total. The Bertz CT molecular complexity index is 1290. The molecule has 7 heteroatoms. The minimum atomic E-state index is -0.972. The van der Waals surface area contributed by atoms with E-state index in [4.69, 9.17) is 5.11 Å². The SMILES string of the molecule is Cc1ccc(C)n1-c1cccc(C(=O)N/N=C\c2cccn2-c2ccc(C(=O)O)cc2)c1. The van der Waals surface area contributed by atoms with Crippen molar-refractivity contribution in [2.24, 2.45) is 5.10 Å². The van der Waals surface area contributed by atoms with Crippen molar-refractivity contribution in [3.8, 4) is 11.4 Å². The number of rotatable bonds is 6. The van der Waals surface area contributed by atoms with Gasteiger partial charge >= 0.3 is 5.97 Å². The molecule has 0 saturated heterocycles. The third-order valence-electron chi connectivity index (χ3n) is 5.17. The Morgan fingerprint density at radius 1 is 0.875 bits per heavy atom. The van der Waals surface area contributed by atoms with Crippen molar-refractivity contribution in [2.75, 3.05) is 0 Å². The number of hydrogen-bond acceptors (Lipinski definition) is 3. The van der Waals surface area contributed by atoms with Crippen LogP contribution in [0.5, 0.6) is 0 Å². The average molecular weight is 426 g/mol. The molecule has 4 aromatic rings. The second-order valence-corrected chi connectivity index (χ2v) is 7.36. The second kappa shape index (κ2) is 8.77. The number of benzene rings is 2. The summed E-state index contributed by atoms with van der Waals surface area (Å²) in [7, 11) is 0. The molecule has 0 spiro atoms. The topological polar surface area (TPSA) is 88.6 Å². The average Bonchev–Trinajstić information content (AvgIpc) is 3.39. The first kappa shape index (κ1) is 20.9. The molecule has 2 aromatic carbocycles. The maximum Gasteiger partial charge on any atom is 0.335 e. The Hall–Kier alpha value is -4.39. The van der Waals surface area contributed by atoms with Gasteiger partial charge in [-0.25, -0.2) is 10.2 Å². The van der Waals surface area contributed by atoms with Gasteiger partial charge in [0.2, 0.25) is 0 Å². The normalized spacial score (nSPS) is 11.1. The number of amides is 1. The van der Waals surface area contributed by atoms with Crippen LogP contribution in [0.25, 0.3) is 11.4 Å². The number of hydrogen-bond donors (Lipinski definition) is 2. The van der Waals surface area contributed by atoms with Gasteiger partial charge in [-0.3, -0.25) is 4.79 Å². The monoisotopic (exact) mass is 426 g/mol. The van der Waals surface area contributed by atoms with E-state index in [9.17, 15) is 9.59 Å². The summed E-state index contributed by atoms with van der Waals surface area (Å²) in [6, 6.07) is 21.7. The number of carboxylic acid groups (broad SMARTS) is 1. The van der Waals surface area contributed by atoms with Gasteiger partial charge < -0.3 is 14.2 Å². The maximum absolute atomic E-state index is 12.6. The largest absolute Gasteiger partial charge is 0.478 e. The van der Waals surface area contributed by atoms with Gasteiger partial charge in [-0.15, -0.1) is 0 Å². The fraction of sp³-hybridized carbons (Fsp3) is 0.0800. The van der Waals surface area contributed by atoms with E-state index in [0.717, 1.165) is 28.5 Å². The number of aromatic nitrogens is 2. The molecule has 4 rings (SSSR count). The van der Waals surface area contributed by atoms with Crippen LogP contribution in [0.1, 0.15) is 37.8 Å². The zero-order valence-electron chi connectivity index (χ0n) is 17.7. The molecule has 0 aliphatic carbocycles. The first-order valence-corrected chi connectivity index (χ1v) is 10.0. The molecule has 32 heavy (non-hydrogen) atoms. The van der Waals surface area contributed by atoms with Crippen LogP contribution in [-0.4, -0.2) is 32.3 Å². The highest BCUT2D eigenvalue weighted by Gasteiger charge is 2.09. The number of carboxylic acids is 1. The van der Waals surface area contributed by atoms with Gasteiger partial charge in [-0.1, -0.05) is 6.07 Å².